The van der Waals surface area contributed by atoms with Crippen molar-refractivity contribution in [3.63, 3.8) is 0 Å². The molecule has 1 aliphatic rings. The Hall–Kier alpha value is -3.52. The maximum atomic E-state index is 12.7. The second-order valence-electron chi connectivity index (χ2n) is 6.42. The highest BCUT2D eigenvalue weighted by Crippen LogP contribution is 2.20. The molecule has 1 aliphatic heterocycles. The summed E-state index contributed by atoms with van der Waals surface area (Å²) in [5, 5.41) is 0. The van der Waals surface area contributed by atoms with Crippen molar-refractivity contribution >= 4 is 11.7 Å². The summed E-state index contributed by atoms with van der Waals surface area (Å²) in [5.74, 6) is 6.14. The van der Waals surface area contributed by atoms with Crippen LogP contribution in [0.4, 0.5) is 5.95 Å². The molecule has 0 saturated carbocycles. The fourth-order valence-corrected chi connectivity index (χ4v) is 3.15. The highest BCUT2D eigenvalue weighted by molar-refractivity contribution is 5.99. The van der Waals surface area contributed by atoms with Crippen LogP contribution < -0.4 is 16.3 Å². The summed E-state index contributed by atoms with van der Waals surface area (Å²) in [4.78, 5) is 35.5. The molecule has 0 radical (unpaired) electrons. The van der Waals surface area contributed by atoms with Gasteiger partial charge in [0.2, 0.25) is 5.95 Å². The van der Waals surface area contributed by atoms with E-state index >= 15 is 0 Å². The molecule has 3 aromatic rings. The molecule has 8 heteroatoms. The summed E-state index contributed by atoms with van der Waals surface area (Å²) < 4.78 is 6.68. The minimum absolute atomic E-state index is 0.110. The van der Waals surface area contributed by atoms with Gasteiger partial charge in [-0.25, -0.2) is 4.98 Å². The predicted octanol–water partition coefficient (Wildman–Crippen LogP) is 1.11. The molecule has 2 aromatic heterocycles. The number of rotatable bonds is 4. The van der Waals surface area contributed by atoms with E-state index in [9.17, 15) is 9.59 Å². The Labute approximate surface area is 161 Å². The third-order valence-corrected chi connectivity index (χ3v) is 4.61. The molecule has 1 unspecified atom stereocenters. The number of carbonyl (C=O) groups is 1. The number of benzene rings is 1. The van der Waals surface area contributed by atoms with E-state index in [0.29, 0.717) is 30.4 Å². The van der Waals surface area contributed by atoms with E-state index in [-0.39, 0.29) is 17.9 Å². The van der Waals surface area contributed by atoms with Gasteiger partial charge in [0.1, 0.15) is 6.10 Å². The standard InChI is InChI=1S/C20H19N5O3/c21-25-18(26)12-16(14-6-8-22-9-7-14)23-20(25)24-10-11-28-17(13-24)19(27)15-4-2-1-3-5-15/h1-9,12,17H,10-11,13,21H2. The average Bonchev–Trinajstić information content (AvgIpc) is 2.76. The van der Waals surface area contributed by atoms with Crippen LogP contribution in [-0.2, 0) is 4.74 Å². The largest absolute Gasteiger partial charge is 0.366 e. The first-order valence-corrected chi connectivity index (χ1v) is 8.89. The van der Waals surface area contributed by atoms with Crippen molar-refractivity contribution in [1.82, 2.24) is 14.6 Å². The molecule has 2 N–H and O–H groups in total. The summed E-state index contributed by atoms with van der Waals surface area (Å²) in [6.07, 6.45) is 2.61. The van der Waals surface area contributed by atoms with Crippen LogP contribution in [0.1, 0.15) is 10.4 Å². The van der Waals surface area contributed by atoms with Crippen LogP contribution >= 0.6 is 0 Å². The third-order valence-electron chi connectivity index (χ3n) is 4.61. The number of morpholine rings is 1. The van der Waals surface area contributed by atoms with Crippen molar-refractivity contribution in [3.8, 4) is 11.3 Å². The first-order chi connectivity index (χ1) is 13.6. The van der Waals surface area contributed by atoms with Gasteiger partial charge in [-0.2, -0.15) is 4.68 Å². The van der Waals surface area contributed by atoms with Gasteiger partial charge in [0.05, 0.1) is 18.8 Å². The molecule has 0 spiro atoms. The lowest BCUT2D eigenvalue weighted by atomic mass is 10.1. The van der Waals surface area contributed by atoms with Gasteiger partial charge in [-0.1, -0.05) is 30.3 Å². The van der Waals surface area contributed by atoms with Gasteiger partial charge in [0, 0.05) is 36.1 Å². The van der Waals surface area contributed by atoms with Gasteiger partial charge in [-0.3, -0.25) is 14.6 Å². The maximum absolute atomic E-state index is 12.7. The number of ketones is 1. The number of nitrogens with zero attached hydrogens (tertiary/aromatic N) is 4. The maximum Gasteiger partial charge on any atom is 0.273 e. The normalized spacial score (nSPS) is 16.7. The number of anilines is 1. The lowest BCUT2D eigenvalue weighted by molar-refractivity contribution is 0.0337. The molecular formula is C20H19N5O3. The molecule has 0 bridgehead atoms. The number of ether oxygens (including phenoxy) is 1. The Kier molecular flexibility index (Phi) is 4.86. The summed E-state index contributed by atoms with van der Waals surface area (Å²) >= 11 is 0. The van der Waals surface area contributed by atoms with Crippen LogP contribution in [-0.4, -0.2) is 46.2 Å². The Balaban J connectivity index is 1.64. The summed E-state index contributed by atoms with van der Waals surface area (Å²) in [7, 11) is 0. The predicted molar refractivity (Wildman–Crippen MR) is 105 cm³/mol. The lowest BCUT2D eigenvalue weighted by Gasteiger charge is -2.33. The topological polar surface area (TPSA) is 103 Å². The molecule has 1 atom stereocenters. The highest BCUT2D eigenvalue weighted by atomic mass is 16.5. The minimum atomic E-state index is -0.655. The van der Waals surface area contributed by atoms with E-state index in [2.05, 4.69) is 9.97 Å². The zero-order chi connectivity index (χ0) is 19.5. The first-order valence-electron chi connectivity index (χ1n) is 8.89. The molecule has 0 amide bonds. The van der Waals surface area contributed by atoms with Crippen molar-refractivity contribution in [1.29, 1.82) is 0 Å². The smallest absolute Gasteiger partial charge is 0.273 e. The van der Waals surface area contributed by atoms with Gasteiger partial charge in [0.25, 0.3) is 5.56 Å². The van der Waals surface area contributed by atoms with Gasteiger partial charge < -0.3 is 15.5 Å². The van der Waals surface area contributed by atoms with Gasteiger partial charge in [-0.05, 0) is 12.1 Å². The van der Waals surface area contributed by atoms with Crippen molar-refractivity contribution in [3.05, 3.63) is 76.8 Å². The Morgan fingerprint density at radius 3 is 2.64 bits per heavy atom. The van der Waals surface area contributed by atoms with Gasteiger partial charge in [0.15, 0.2) is 5.78 Å². The van der Waals surface area contributed by atoms with E-state index in [1.165, 1.54) is 6.07 Å². The zero-order valence-corrected chi connectivity index (χ0v) is 15.1. The number of pyridine rings is 1. The van der Waals surface area contributed by atoms with Crippen molar-refractivity contribution < 1.29 is 9.53 Å². The van der Waals surface area contributed by atoms with E-state index in [1.54, 1.807) is 41.6 Å². The molecule has 1 fully saturated rings. The highest BCUT2D eigenvalue weighted by Gasteiger charge is 2.29. The SMILES string of the molecule is Nn1c(N2CCOC(C(=O)c3ccccc3)C2)nc(-c2ccncc2)cc1=O. The molecule has 0 aliphatic carbocycles. The van der Waals surface area contributed by atoms with Crippen LogP contribution in [0.3, 0.4) is 0 Å². The average molecular weight is 377 g/mol. The summed E-state index contributed by atoms with van der Waals surface area (Å²) in [5.41, 5.74) is 1.47. The number of Topliss-reactive ketones (excluding diaryl/α,β-unsaturated/α-hetero) is 1. The second-order valence-corrected chi connectivity index (χ2v) is 6.42. The second kappa shape index (κ2) is 7.61. The molecule has 4 rings (SSSR count). The Morgan fingerprint density at radius 1 is 1.14 bits per heavy atom. The Bertz CT molecular complexity index is 1040. The molecule has 1 aromatic carbocycles. The van der Waals surface area contributed by atoms with Crippen molar-refractivity contribution in [2.75, 3.05) is 30.4 Å². The molecule has 28 heavy (non-hydrogen) atoms. The minimum Gasteiger partial charge on any atom is -0.366 e. The summed E-state index contributed by atoms with van der Waals surface area (Å²) in [6, 6.07) is 13.9. The fourth-order valence-electron chi connectivity index (χ4n) is 3.15. The quantitative estimate of drug-likeness (QED) is 0.536. The molecule has 3 heterocycles. The molecule has 8 nitrogen and oxygen atoms in total. The number of aromatic nitrogens is 3. The van der Waals surface area contributed by atoms with Gasteiger partial charge in [-0.15, -0.1) is 0 Å². The summed E-state index contributed by atoms with van der Waals surface area (Å²) in [6.45, 7) is 1.07. The fraction of sp³-hybridized carbons (Fsp3) is 0.200. The number of hydrogen-bond acceptors (Lipinski definition) is 7. The van der Waals surface area contributed by atoms with E-state index in [0.717, 1.165) is 10.2 Å². The molecule has 142 valence electrons. The lowest BCUT2D eigenvalue weighted by Crippen LogP contribution is -2.49. The number of carbonyl (C=O) groups excluding carboxylic acids is 1. The number of nitrogens with two attached hydrogens (primary N) is 1. The number of hydrogen-bond donors (Lipinski definition) is 1. The van der Waals surface area contributed by atoms with Crippen molar-refractivity contribution in [2.24, 2.45) is 0 Å². The third kappa shape index (κ3) is 3.49. The monoisotopic (exact) mass is 377 g/mol. The van der Waals surface area contributed by atoms with Crippen LogP contribution in [0.2, 0.25) is 0 Å². The van der Waals surface area contributed by atoms with E-state index in [4.69, 9.17) is 10.6 Å². The molecular weight excluding hydrogens is 358 g/mol. The van der Waals surface area contributed by atoms with Crippen LogP contribution in [0.5, 0.6) is 0 Å². The molecule has 1 saturated heterocycles. The van der Waals surface area contributed by atoms with Crippen LogP contribution in [0.25, 0.3) is 11.3 Å². The van der Waals surface area contributed by atoms with E-state index < -0.39 is 6.10 Å². The van der Waals surface area contributed by atoms with Crippen LogP contribution in [0.15, 0.2) is 65.7 Å². The number of nitrogen functional groups attached to an aromatic ring is 1. The van der Waals surface area contributed by atoms with E-state index in [1.807, 2.05) is 18.2 Å². The van der Waals surface area contributed by atoms with Gasteiger partial charge >= 0.3 is 0 Å². The Morgan fingerprint density at radius 2 is 1.89 bits per heavy atom. The zero-order valence-electron chi connectivity index (χ0n) is 15.1. The van der Waals surface area contributed by atoms with Crippen molar-refractivity contribution in [2.45, 2.75) is 6.10 Å². The van der Waals surface area contributed by atoms with Crippen LogP contribution in [0, 0.1) is 0 Å². The first kappa shape index (κ1) is 17.9.